The highest BCUT2D eigenvalue weighted by Crippen LogP contribution is 2.36. The summed E-state index contributed by atoms with van der Waals surface area (Å²) in [6.07, 6.45) is 1.35. The second-order valence-corrected chi connectivity index (χ2v) is 6.07. The summed E-state index contributed by atoms with van der Waals surface area (Å²) < 4.78 is 12.5. The summed E-state index contributed by atoms with van der Waals surface area (Å²) in [5.74, 6) is 0.526. The van der Waals surface area contributed by atoms with E-state index in [-0.39, 0.29) is 23.7 Å². The van der Waals surface area contributed by atoms with Crippen LogP contribution in [0.4, 0.5) is 5.69 Å². The summed E-state index contributed by atoms with van der Waals surface area (Å²) in [5.41, 5.74) is -0.142. The number of nitro benzene ring substituents is 1. The average Bonchev–Trinajstić information content (AvgIpc) is 3.07. The Morgan fingerprint density at radius 2 is 2.10 bits per heavy atom. The van der Waals surface area contributed by atoms with E-state index in [1.165, 1.54) is 23.0 Å². The molecule has 0 atom stereocenters. The van der Waals surface area contributed by atoms with E-state index in [0.717, 1.165) is 0 Å². The molecule has 150 valence electrons. The highest BCUT2D eigenvalue weighted by molar-refractivity contribution is 7.71. The minimum atomic E-state index is -0.697. The van der Waals surface area contributed by atoms with Gasteiger partial charge in [-0.15, -0.1) is 0 Å². The molecule has 0 aliphatic heterocycles. The highest BCUT2D eigenvalue weighted by Gasteiger charge is 2.19. The number of rotatable bonds is 8. The fraction of sp³-hybridized carbons (Fsp3) is 0.167. The summed E-state index contributed by atoms with van der Waals surface area (Å²) in [7, 11) is 0. The SMILES string of the molecule is CCOc1cc(/C=N\n2c(COc3ccccc3)n[nH]c2=S)cc([N+](=O)[O-])c1O. The zero-order valence-corrected chi connectivity index (χ0v) is 16.1. The van der Waals surface area contributed by atoms with Gasteiger partial charge in [-0.1, -0.05) is 18.2 Å². The third kappa shape index (κ3) is 4.76. The predicted molar refractivity (Wildman–Crippen MR) is 107 cm³/mol. The largest absolute Gasteiger partial charge is 0.500 e. The first-order valence-corrected chi connectivity index (χ1v) is 8.93. The fourth-order valence-electron chi connectivity index (χ4n) is 2.42. The zero-order chi connectivity index (χ0) is 20.8. The Bertz CT molecular complexity index is 1090. The molecule has 2 N–H and O–H groups in total. The molecule has 1 heterocycles. The Kier molecular flexibility index (Phi) is 6.19. The molecule has 0 bridgehead atoms. The molecule has 0 saturated heterocycles. The van der Waals surface area contributed by atoms with Crippen molar-refractivity contribution in [2.75, 3.05) is 6.61 Å². The van der Waals surface area contributed by atoms with Gasteiger partial charge in [0.05, 0.1) is 17.7 Å². The monoisotopic (exact) mass is 415 g/mol. The fourth-order valence-corrected chi connectivity index (χ4v) is 2.62. The van der Waals surface area contributed by atoms with E-state index in [0.29, 0.717) is 17.1 Å². The maximum Gasteiger partial charge on any atom is 0.315 e. The van der Waals surface area contributed by atoms with Crippen molar-refractivity contribution in [2.45, 2.75) is 13.5 Å². The van der Waals surface area contributed by atoms with Crippen molar-refractivity contribution < 1.29 is 19.5 Å². The Morgan fingerprint density at radius 3 is 2.79 bits per heavy atom. The number of phenolic OH excluding ortho intramolecular Hbond substituents is 1. The third-order valence-electron chi connectivity index (χ3n) is 3.72. The van der Waals surface area contributed by atoms with Crippen LogP contribution in [0.2, 0.25) is 0 Å². The van der Waals surface area contributed by atoms with E-state index in [2.05, 4.69) is 15.3 Å². The van der Waals surface area contributed by atoms with Crippen LogP contribution >= 0.6 is 12.2 Å². The molecule has 0 aliphatic rings. The standard InChI is InChI=1S/C18H17N5O5S/c1-2-27-15-9-12(8-14(17(15)24)23(25)26)10-19-22-16(20-21-18(22)29)11-28-13-6-4-3-5-7-13/h3-10,24H,2,11H2,1H3,(H,21,29)/b19-10-. The van der Waals surface area contributed by atoms with Gasteiger partial charge in [-0.05, 0) is 37.3 Å². The van der Waals surface area contributed by atoms with Gasteiger partial charge in [0.1, 0.15) is 12.4 Å². The van der Waals surface area contributed by atoms with Crippen LogP contribution in [0.15, 0.2) is 47.6 Å². The minimum absolute atomic E-state index is 0.00780. The van der Waals surface area contributed by atoms with Gasteiger partial charge in [-0.3, -0.25) is 10.1 Å². The lowest BCUT2D eigenvalue weighted by atomic mass is 10.2. The molecule has 2 aromatic carbocycles. The van der Waals surface area contributed by atoms with Crippen LogP contribution in [0.5, 0.6) is 17.2 Å². The van der Waals surface area contributed by atoms with Crippen molar-refractivity contribution in [1.82, 2.24) is 14.9 Å². The number of nitrogens with one attached hydrogen (secondary N) is 1. The lowest BCUT2D eigenvalue weighted by molar-refractivity contribution is -0.386. The summed E-state index contributed by atoms with van der Waals surface area (Å²) in [4.78, 5) is 10.5. The number of H-pyrrole nitrogens is 1. The van der Waals surface area contributed by atoms with E-state index >= 15 is 0 Å². The molecule has 11 heteroatoms. The van der Waals surface area contributed by atoms with Crippen molar-refractivity contribution in [1.29, 1.82) is 0 Å². The number of nitro groups is 1. The molecule has 10 nitrogen and oxygen atoms in total. The van der Waals surface area contributed by atoms with Crippen LogP contribution in [0.3, 0.4) is 0 Å². The number of para-hydroxylation sites is 1. The zero-order valence-electron chi connectivity index (χ0n) is 15.3. The Hall–Kier alpha value is -3.73. The van der Waals surface area contributed by atoms with Crippen LogP contribution in [0.25, 0.3) is 0 Å². The van der Waals surface area contributed by atoms with Crippen molar-refractivity contribution >= 4 is 24.1 Å². The van der Waals surface area contributed by atoms with Crippen molar-refractivity contribution in [2.24, 2.45) is 5.10 Å². The number of hydrogen-bond acceptors (Lipinski definition) is 8. The van der Waals surface area contributed by atoms with E-state index < -0.39 is 16.4 Å². The average molecular weight is 415 g/mol. The van der Waals surface area contributed by atoms with Gasteiger partial charge in [0.15, 0.2) is 11.6 Å². The quantitative estimate of drug-likeness (QED) is 0.250. The molecule has 0 amide bonds. The molecule has 29 heavy (non-hydrogen) atoms. The number of aromatic amines is 1. The van der Waals surface area contributed by atoms with Crippen LogP contribution in [0, 0.1) is 14.9 Å². The molecule has 0 fully saturated rings. The first-order chi connectivity index (χ1) is 14.0. The van der Waals surface area contributed by atoms with E-state index in [1.807, 2.05) is 18.2 Å². The van der Waals surface area contributed by atoms with Gasteiger partial charge in [0.2, 0.25) is 10.5 Å². The van der Waals surface area contributed by atoms with Gasteiger partial charge in [0.25, 0.3) is 0 Å². The summed E-state index contributed by atoms with van der Waals surface area (Å²) in [6, 6.07) is 11.8. The molecular formula is C18H17N5O5S. The molecule has 0 radical (unpaired) electrons. The third-order valence-corrected chi connectivity index (χ3v) is 3.99. The number of aromatic hydroxyl groups is 1. The number of phenols is 1. The Morgan fingerprint density at radius 1 is 1.34 bits per heavy atom. The van der Waals surface area contributed by atoms with E-state index in [1.54, 1.807) is 19.1 Å². The maximum atomic E-state index is 11.2. The highest BCUT2D eigenvalue weighted by atomic mass is 32.1. The minimum Gasteiger partial charge on any atom is -0.500 e. The van der Waals surface area contributed by atoms with Crippen LogP contribution in [-0.2, 0) is 6.61 Å². The van der Waals surface area contributed by atoms with E-state index in [4.69, 9.17) is 21.7 Å². The van der Waals surface area contributed by atoms with Gasteiger partial charge in [0, 0.05) is 11.6 Å². The molecule has 1 aromatic heterocycles. The normalized spacial score (nSPS) is 10.9. The van der Waals surface area contributed by atoms with Gasteiger partial charge < -0.3 is 14.6 Å². The molecule has 0 aliphatic carbocycles. The topological polar surface area (TPSA) is 128 Å². The van der Waals surface area contributed by atoms with Gasteiger partial charge in [-0.2, -0.15) is 14.9 Å². The van der Waals surface area contributed by atoms with Crippen LogP contribution in [0.1, 0.15) is 18.3 Å². The lowest BCUT2D eigenvalue weighted by Gasteiger charge is -2.07. The van der Waals surface area contributed by atoms with Crippen molar-refractivity contribution in [3.8, 4) is 17.2 Å². The summed E-state index contributed by atoms with van der Waals surface area (Å²) >= 11 is 5.18. The Labute approximate surface area is 170 Å². The predicted octanol–water partition coefficient (Wildman–Crippen LogP) is 3.41. The smallest absolute Gasteiger partial charge is 0.315 e. The molecule has 0 unspecified atom stereocenters. The molecule has 0 spiro atoms. The van der Waals surface area contributed by atoms with Crippen molar-refractivity contribution in [3.05, 3.63) is 68.7 Å². The summed E-state index contributed by atoms with van der Waals surface area (Å²) in [5, 5.41) is 32.1. The number of aromatic nitrogens is 3. The van der Waals surface area contributed by atoms with Crippen molar-refractivity contribution in [3.63, 3.8) is 0 Å². The number of ether oxygens (including phenoxy) is 2. The lowest BCUT2D eigenvalue weighted by Crippen LogP contribution is -2.04. The van der Waals surface area contributed by atoms with Gasteiger partial charge in [-0.25, -0.2) is 5.10 Å². The molecule has 3 aromatic rings. The van der Waals surface area contributed by atoms with Gasteiger partial charge >= 0.3 is 5.69 Å². The number of hydrogen-bond donors (Lipinski definition) is 2. The number of nitrogens with zero attached hydrogens (tertiary/aromatic N) is 4. The van der Waals surface area contributed by atoms with Crippen LogP contribution in [-0.4, -0.2) is 37.7 Å². The van der Waals surface area contributed by atoms with E-state index in [9.17, 15) is 15.2 Å². The Balaban J connectivity index is 1.87. The molecular weight excluding hydrogens is 398 g/mol. The molecule has 0 saturated carbocycles. The summed E-state index contributed by atoms with van der Waals surface area (Å²) in [6.45, 7) is 2.04. The van der Waals surface area contributed by atoms with Crippen LogP contribution < -0.4 is 9.47 Å². The second-order valence-electron chi connectivity index (χ2n) is 5.68. The first-order valence-electron chi connectivity index (χ1n) is 8.52. The number of benzene rings is 2. The first kappa shape index (κ1) is 20.0. The second kappa shape index (κ2) is 8.97. The molecule has 3 rings (SSSR count). The maximum absolute atomic E-state index is 11.2.